The summed E-state index contributed by atoms with van der Waals surface area (Å²) < 4.78 is 51.5. The number of likely N-dealkylation sites (N-methyl/N-ethyl adjacent to an activating group) is 1. The van der Waals surface area contributed by atoms with Crippen LogP contribution in [0.15, 0.2) is 42.5 Å². The molecule has 0 radical (unpaired) electrons. The van der Waals surface area contributed by atoms with Gasteiger partial charge in [-0.25, -0.2) is 9.59 Å². The van der Waals surface area contributed by atoms with Crippen LogP contribution in [0.5, 0.6) is 5.75 Å². The molecule has 2 aromatic rings. The smallest absolute Gasteiger partial charge is 0.416 e. The van der Waals surface area contributed by atoms with Gasteiger partial charge in [0.2, 0.25) is 0 Å². The van der Waals surface area contributed by atoms with Gasteiger partial charge in [0.25, 0.3) is 5.91 Å². The lowest BCUT2D eigenvalue weighted by molar-refractivity contribution is -0.137. The topological polar surface area (TPSA) is 132 Å². The molecule has 1 heterocycles. The van der Waals surface area contributed by atoms with E-state index >= 15 is 0 Å². The monoisotopic (exact) mass is 719 g/mol. The number of carbonyl (C=O) groups excluding carboxylic acids is 3. The van der Waals surface area contributed by atoms with Gasteiger partial charge in [-0.1, -0.05) is 26.2 Å². The summed E-state index contributed by atoms with van der Waals surface area (Å²) in [4.78, 5) is 43.5. The summed E-state index contributed by atoms with van der Waals surface area (Å²) in [6, 6.07) is 7.40. The Morgan fingerprint density at radius 3 is 2.29 bits per heavy atom. The number of hydrogen-bond donors (Lipinski definition) is 4. The van der Waals surface area contributed by atoms with Gasteiger partial charge in [-0.05, 0) is 88.4 Å². The molecule has 5 amide bonds. The van der Waals surface area contributed by atoms with E-state index in [1.807, 2.05) is 13.8 Å². The first-order valence-corrected chi connectivity index (χ1v) is 17.9. The van der Waals surface area contributed by atoms with Crippen LogP contribution in [0.2, 0.25) is 0 Å². The SMILES string of the molecule is C[C@@H]1CN([C@@H](C)CO)C(=O)c2cc(NC(=O)Nc3ccc(C(F)(F)F)cc3)ccc2O[C@@H](C)CCCCO[C@@H]1CN(C)C(=O)NC1CCCCC1. The van der Waals surface area contributed by atoms with Gasteiger partial charge in [-0.3, -0.25) is 4.79 Å². The molecule has 2 aromatic carbocycles. The zero-order chi connectivity index (χ0) is 37.1. The number of aliphatic hydroxyl groups excluding tert-OH is 1. The minimum absolute atomic E-state index is 0.151. The maximum atomic E-state index is 14.4. The van der Waals surface area contributed by atoms with E-state index < -0.39 is 35.8 Å². The third kappa shape index (κ3) is 11.7. The fourth-order valence-corrected chi connectivity index (χ4v) is 6.38. The number of nitrogens with zero attached hydrogens (tertiary/aromatic N) is 2. The molecule has 0 saturated heterocycles. The molecule has 1 fully saturated rings. The summed E-state index contributed by atoms with van der Waals surface area (Å²) in [6.45, 7) is 6.27. The van der Waals surface area contributed by atoms with E-state index in [1.54, 1.807) is 35.9 Å². The molecule has 14 heteroatoms. The number of benzene rings is 2. The van der Waals surface area contributed by atoms with Crippen LogP contribution in [0, 0.1) is 5.92 Å². The Hall–Kier alpha value is -4.04. The van der Waals surface area contributed by atoms with Crippen molar-refractivity contribution in [2.45, 2.75) is 103 Å². The van der Waals surface area contributed by atoms with Crippen LogP contribution in [0.25, 0.3) is 0 Å². The van der Waals surface area contributed by atoms with Crippen molar-refractivity contribution in [3.8, 4) is 5.75 Å². The number of aliphatic hydroxyl groups is 1. The van der Waals surface area contributed by atoms with Crippen molar-refractivity contribution in [3.63, 3.8) is 0 Å². The van der Waals surface area contributed by atoms with Crippen LogP contribution in [0.3, 0.4) is 0 Å². The average molecular weight is 720 g/mol. The Morgan fingerprint density at radius 1 is 0.980 bits per heavy atom. The summed E-state index contributed by atoms with van der Waals surface area (Å²) in [6.07, 6.45) is 2.44. The summed E-state index contributed by atoms with van der Waals surface area (Å²) in [5.74, 6) is -0.362. The van der Waals surface area contributed by atoms with Crippen molar-refractivity contribution in [1.29, 1.82) is 0 Å². The van der Waals surface area contributed by atoms with Crippen molar-refractivity contribution in [3.05, 3.63) is 53.6 Å². The molecule has 2 aliphatic rings. The van der Waals surface area contributed by atoms with E-state index in [9.17, 15) is 32.7 Å². The number of ether oxygens (including phenoxy) is 2. The van der Waals surface area contributed by atoms with Crippen LogP contribution in [0.1, 0.15) is 88.1 Å². The summed E-state index contributed by atoms with van der Waals surface area (Å²) in [5, 5.41) is 18.5. The summed E-state index contributed by atoms with van der Waals surface area (Å²) in [7, 11) is 1.75. The molecular weight excluding hydrogens is 667 g/mol. The molecule has 4 atom stereocenters. The summed E-state index contributed by atoms with van der Waals surface area (Å²) >= 11 is 0. The Balaban J connectivity index is 1.55. The van der Waals surface area contributed by atoms with Gasteiger partial charge in [-0.15, -0.1) is 0 Å². The molecule has 4 rings (SSSR count). The predicted octanol–water partition coefficient (Wildman–Crippen LogP) is 7.12. The maximum Gasteiger partial charge on any atom is 0.416 e. The largest absolute Gasteiger partial charge is 0.490 e. The molecule has 0 unspecified atom stereocenters. The standard InChI is InChI=1S/C37H52F3N5O6/c1-24-21-45(25(2)23-46)34(47)31-20-30(42-35(48)41-29-15-13-27(14-16-29)37(38,39)40)17-18-32(31)51-26(3)10-8-9-19-50-33(24)22-44(4)36(49)43-28-11-6-5-7-12-28/h13-18,20,24-26,28,33,46H,5-12,19,21-23H2,1-4H3,(H,43,49)(H2,41,42,48)/t24-,25+,26+,33-/m1/s1. The number of fused-ring (bicyclic) bond motifs is 1. The van der Waals surface area contributed by atoms with Gasteiger partial charge in [0, 0.05) is 50.1 Å². The first kappa shape index (κ1) is 39.7. The fraction of sp³-hybridized carbons (Fsp3) is 0.595. The number of carbonyl (C=O) groups is 3. The third-order valence-electron chi connectivity index (χ3n) is 9.51. The van der Waals surface area contributed by atoms with Crippen LogP contribution in [-0.4, -0.2) is 90.5 Å². The van der Waals surface area contributed by atoms with Crippen LogP contribution in [-0.2, 0) is 10.9 Å². The molecule has 1 aliphatic carbocycles. The van der Waals surface area contributed by atoms with Crippen molar-refractivity contribution >= 4 is 29.3 Å². The molecule has 0 spiro atoms. The highest BCUT2D eigenvalue weighted by Gasteiger charge is 2.32. The van der Waals surface area contributed by atoms with Gasteiger partial charge in [0.1, 0.15) is 5.75 Å². The highest BCUT2D eigenvalue weighted by atomic mass is 19.4. The lowest BCUT2D eigenvalue weighted by atomic mass is 9.96. The number of nitrogens with one attached hydrogen (secondary N) is 3. The van der Waals surface area contributed by atoms with Gasteiger partial charge in [0.15, 0.2) is 0 Å². The lowest BCUT2D eigenvalue weighted by Gasteiger charge is -2.36. The average Bonchev–Trinajstić information content (AvgIpc) is 3.09. The maximum absolute atomic E-state index is 14.4. The number of hydrogen-bond acceptors (Lipinski definition) is 6. The minimum Gasteiger partial charge on any atom is -0.490 e. The van der Waals surface area contributed by atoms with Crippen LogP contribution in [0.4, 0.5) is 34.1 Å². The first-order chi connectivity index (χ1) is 24.2. The first-order valence-electron chi connectivity index (χ1n) is 17.9. The van der Waals surface area contributed by atoms with E-state index in [0.717, 1.165) is 62.8 Å². The van der Waals surface area contributed by atoms with Crippen LogP contribution < -0.4 is 20.7 Å². The molecule has 0 bridgehead atoms. The van der Waals surface area contributed by atoms with Gasteiger partial charge >= 0.3 is 18.2 Å². The molecule has 1 aliphatic heterocycles. The van der Waals surface area contributed by atoms with Crippen molar-refractivity contribution < 1.29 is 42.1 Å². The quantitative estimate of drug-likeness (QED) is 0.241. The highest BCUT2D eigenvalue weighted by Crippen LogP contribution is 2.31. The van der Waals surface area contributed by atoms with E-state index in [-0.39, 0.29) is 54.2 Å². The normalized spacial score (nSPS) is 21.8. The minimum atomic E-state index is -4.50. The highest BCUT2D eigenvalue weighted by molar-refractivity contribution is 6.02. The van der Waals surface area contributed by atoms with E-state index in [1.165, 1.54) is 12.5 Å². The second-order valence-electron chi connectivity index (χ2n) is 13.8. The number of rotatable bonds is 7. The Labute approximate surface area is 298 Å². The molecule has 1 saturated carbocycles. The lowest BCUT2D eigenvalue weighted by Crippen LogP contribution is -2.50. The zero-order valence-electron chi connectivity index (χ0n) is 29.9. The van der Waals surface area contributed by atoms with Crippen molar-refractivity contribution in [2.75, 3.05) is 44.0 Å². The number of amides is 5. The van der Waals surface area contributed by atoms with Gasteiger partial charge in [-0.2, -0.15) is 13.2 Å². The van der Waals surface area contributed by atoms with E-state index in [4.69, 9.17) is 9.47 Å². The number of anilines is 2. The predicted molar refractivity (Wildman–Crippen MR) is 189 cm³/mol. The number of urea groups is 2. The Morgan fingerprint density at radius 2 is 1.63 bits per heavy atom. The Bertz CT molecular complexity index is 1450. The molecule has 4 N–H and O–H groups in total. The molecule has 0 aromatic heterocycles. The van der Waals surface area contributed by atoms with E-state index in [2.05, 4.69) is 16.0 Å². The molecule has 11 nitrogen and oxygen atoms in total. The van der Waals surface area contributed by atoms with Gasteiger partial charge < -0.3 is 40.3 Å². The third-order valence-corrected chi connectivity index (χ3v) is 9.51. The summed E-state index contributed by atoms with van der Waals surface area (Å²) in [5.41, 5.74) is -0.271. The van der Waals surface area contributed by atoms with Crippen LogP contribution >= 0.6 is 0 Å². The zero-order valence-corrected chi connectivity index (χ0v) is 29.9. The molecular formula is C37H52F3N5O6. The number of alkyl halides is 3. The number of halogens is 3. The fourth-order valence-electron chi connectivity index (χ4n) is 6.38. The Kier molecular flexibility index (Phi) is 14.4. The molecule has 282 valence electrons. The second kappa shape index (κ2) is 18.5. The van der Waals surface area contributed by atoms with E-state index in [0.29, 0.717) is 25.3 Å². The second-order valence-corrected chi connectivity index (χ2v) is 13.8. The van der Waals surface area contributed by atoms with Crippen molar-refractivity contribution in [2.24, 2.45) is 5.92 Å². The van der Waals surface area contributed by atoms with Gasteiger partial charge in [0.05, 0.1) is 36.0 Å². The molecule has 51 heavy (non-hydrogen) atoms. The van der Waals surface area contributed by atoms with Crippen molar-refractivity contribution in [1.82, 2.24) is 15.1 Å².